The maximum atomic E-state index is 12.6. The molecular formula is C22H18N2O3S2. The molecule has 0 saturated carbocycles. The van der Waals surface area contributed by atoms with E-state index in [4.69, 9.17) is 5.11 Å². The van der Waals surface area contributed by atoms with Crippen LogP contribution in [0.25, 0.3) is 11.6 Å². The van der Waals surface area contributed by atoms with E-state index in [2.05, 4.69) is 34.7 Å². The molecule has 29 heavy (non-hydrogen) atoms. The first-order valence-electron chi connectivity index (χ1n) is 9.05. The van der Waals surface area contributed by atoms with Crippen molar-refractivity contribution < 1.29 is 14.7 Å². The number of amides is 1. The molecule has 5 nitrogen and oxygen atoms in total. The molecule has 146 valence electrons. The molecule has 2 heterocycles. The van der Waals surface area contributed by atoms with Crippen molar-refractivity contribution in [1.82, 2.24) is 4.90 Å². The third-order valence-corrected chi connectivity index (χ3v) is 6.56. The van der Waals surface area contributed by atoms with Gasteiger partial charge in [-0.15, -0.1) is 11.3 Å². The summed E-state index contributed by atoms with van der Waals surface area (Å²) in [6, 6.07) is 8.39. The zero-order valence-corrected chi connectivity index (χ0v) is 17.3. The molecule has 1 amide bonds. The van der Waals surface area contributed by atoms with Gasteiger partial charge in [-0.2, -0.15) is 0 Å². The number of carbonyl (C=O) groups excluding carboxylic acids is 1. The SMILES string of the molecule is CN1C(=O)/C(=C/c2cc(C3=CC=CCC3)cs2)SC1=Nc1ccc(C(=O)O)cc1. The van der Waals surface area contributed by atoms with Gasteiger partial charge in [0.05, 0.1) is 16.2 Å². The van der Waals surface area contributed by atoms with Crippen molar-refractivity contribution in [1.29, 1.82) is 0 Å². The van der Waals surface area contributed by atoms with Crippen LogP contribution in [0.5, 0.6) is 0 Å². The number of carbonyl (C=O) groups is 2. The van der Waals surface area contributed by atoms with E-state index < -0.39 is 5.97 Å². The summed E-state index contributed by atoms with van der Waals surface area (Å²) in [5.41, 5.74) is 3.34. The van der Waals surface area contributed by atoms with Crippen LogP contribution in [0.3, 0.4) is 0 Å². The summed E-state index contributed by atoms with van der Waals surface area (Å²) in [5.74, 6) is -1.07. The number of rotatable bonds is 4. The molecule has 0 radical (unpaired) electrons. The predicted molar refractivity (Wildman–Crippen MR) is 120 cm³/mol. The molecule has 0 unspecified atom stereocenters. The first-order chi connectivity index (χ1) is 14.0. The zero-order valence-electron chi connectivity index (χ0n) is 15.7. The Kier molecular flexibility index (Phi) is 5.51. The van der Waals surface area contributed by atoms with Crippen LogP contribution in [0.15, 0.2) is 63.8 Å². The molecule has 7 heteroatoms. The molecule has 1 aromatic carbocycles. The van der Waals surface area contributed by atoms with E-state index in [9.17, 15) is 9.59 Å². The number of thioether (sulfide) groups is 1. The fraction of sp³-hybridized carbons (Fsp3) is 0.136. The van der Waals surface area contributed by atoms with Crippen molar-refractivity contribution in [3.05, 3.63) is 74.8 Å². The van der Waals surface area contributed by atoms with Crippen LogP contribution in [0.1, 0.15) is 33.6 Å². The molecule has 0 atom stereocenters. The Balaban J connectivity index is 1.54. The van der Waals surface area contributed by atoms with Gasteiger partial charge in [0.25, 0.3) is 5.91 Å². The van der Waals surface area contributed by atoms with Gasteiger partial charge in [0.1, 0.15) is 0 Å². The summed E-state index contributed by atoms with van der Waals surface area (Å²) >= 11 is 2.95. The van der Waals surface area contributed by atoms with Crippen LogP contribution in [0.4, 0.5) is 5.69 Å². The summed E-state index contributed by atoms with van der Waals surface area (Å²) in [6.07, 6.45) is 10.4. The lowest BCUT2D eigenvalue weighted by Crippen LogP contribution is -2.23. The highest BCUT2D eigenvalue weighted by atomic mass is 32.2. The minimum atomic E-state index is -0.979. The van der Waals surface area contributed by atoms with Gasteiger partial charge < -0.3 is 5.11 Å². The average molecular weight is 423 g/mol. The number of aliphatic imine (C=N–C) groups is 1. The van der Waals surface area contributed by atoms with Gasteiger partial charge in [0, 0.05) is 11.9 Å². The number of hydrogen-bond donors (Lipinski definition) is 1. The minimum Gasteiger partial charge on any atom is -0.478 e. The Bertz CT molecular complexity index is 1090. The summed E-state index contributed by atoms with van der Waals surface area (Å²) in [6.45, 7) is 0. The fourth-order valence-electron chi connectivity index (χ4n) is 3.01. The van der Waals surface area contributed by atoms with Crippen molar-refractivity contribution in [2.24, 2.45) is 4.99 Å². The highest BCUT2D eigenvalue weighted by Crippen LogP contribution is 2.35. The highest BCUT2D eigenvalue weighted by molar-refractivity contribution is 8.18. The lowest BCUT2D eigenvalue weighted by molar-refractivity contribution is -0.121. The van der Waals surface area contributed by atoms with Crippen LogP contribution >= 0.6 is 23.1 Å². The molecule has 4 rings (SSSR count). The Morgan fingerprint density at radius 3 is 2.76 bits per heavy atom. The van der Waals surface area contributed by atoms with Gasteiger partial charge in [-0.3, -0.25) is 9.69 Å². The third kappa shape index (κ3) is 4.26. The second-order valence-corrected chi connectivity index (χ2v) is 8.57. The number of hydrogen-bond acceptors (Lipinski definition) is 5. The molecule has 1 saturated heterocycles. The van der Waals surface area contributed by atoms with Crippen LogP contribution in [-0.2, 0) is 4.79 Å². The summed E-state index contributed by atoms with van der Waals surface area (Å²) < 4.78 is 0. The lowest BCUT2D eigenvalue weighted by Gasteiger charge is -2.07. The van der Waals surface area contributed by atoms with Crippen LogP contribution in [-0.4, -0.2) is 34.1 Å². The topological polar surface area (TPSA) is 70.0 Å². The molecule has 0 spiro atoms. The number of benzene rings is 1. The third-order valence-electron chi connectivity index (χ3n) is 4.62. The Morgan fingerprint density at radius 2 is 2.07 bits per heavy atom. The first kappa shape index (κ1) is 19.4. The number of allylic oxidation sites excluding steroid dienone is 4. The van der Waals surface area contributed by atoms with Crippen molar-refractivity contribution in [2.45, 2.75) is 12.8 Å². The number of thiophene rings is 1. The number of likely N-dealkylation sites (N-methyl/N-ethyl adjacent to an activating group) is 1. The van der Waals surface area contributed by atoms with Crippen molar-refractivity contribution in [3.63, 3.8) is 0 Å². The average Bonchev–Trinajstić information content (AvgIpc) is 3.30. The van der Waals surface area contributed by atoms with Gasteiger partial charge in [-0.25, -0.2) is 9.79 Å². The van der Waals surface area contributed by atoms with E-state index in [0.717, 1.165) is 17.7 Å². The maximum Gasteiger partial charge on any atom is 0.335 e. The molecule has 1 N–H and O–H groups in total. The molecule has 1 aromatic heterocycles. The van der Waals surface area contributed by atoms with E-state index in [-0.39, 0.29) is 11.5 Å². The van der Waals surface area contributed by atoms with Gasteiger partial charge in [-0.05, 0) is 77.5 Å². The Hall–Kier alpha value is -2.90. The number of nitrogens with zero attached hydrogens (tertiary/aromatic N) is 2. The minimum absolute atomic E-state index is 0.0920. The molecule has 1 aliphatic heterocycles. The standard InChI is InChI=1S/C22H18N2O3S2/c1-24-20(25)19(12-18-11-16(13-28-18)14-5-3-2-4-6-14)29-22(24)23-17-9-7-15(8-10-17)21(26)27/h2-3,5,7-13H,4,6H2,1H3,(H,26,27)/b19-12-,23-22?. The van der Waals surface area contributed by atoms with Gasteiger partial charge in [-0.1, -0.05) is 18.2 Å². The second-order valence-electron chi connectivity index (χ2n) is 6.62. The number of carboxylic acids is 1. The first-order valence-corrected chi connectivity index (χ1v) is 10.7. The fourth-order valence-corrected chi connectivity index (χ4v) is 4.93. The number of aromatic carboxylic acids is 1. The lowest BCUT2D eigenvalue weighted by atomic mass is 10.00. The zero-order chi connectivity index (χ0) is 20.4. The predicted octanol–water partition coefficient (Wildman–Crippen LogP) is 5.41. The van der Waals surface area contributed by atoms with Gasteiger partial charge >= 0.3 is 5.97 Å². The summed E-state index contributed by atoms with van der Waals surface area (Å²) in [4.78, 5) is 31.3. The largest absolute Gasteiger partial charge is 0.478 e. The number of amidine groups is 1. The smallest absolute Gasteiger partial charge is 0.335 e. The molecule has 0 bridgehead atoms. The second kappa shape index (κ2) is 8.23. The van der Waals surface area contributed by atoms with E-state index in [0.29, 0.717) is 15.8 Å². The maximum absolute atomic E-state index is 12.6. The van der Waals surface area contributed by atoms with E-state index >= 15 is 0 Å². The number of carboxylic acid groups (broad SMARTS) is 1. The highest BCUT2D eigenvalue weighted by Gasteiger charge is 2.30. The molecular weight excluding hydrogens is 404 g/mol. The summed E-state index contributed by atoms with van der Waals surface area (Å²) in [7, 11) is 1.69. The van der Waals surface area contributed by atoms with E-state index in [1.807, 2.05) is 6.08 Å². The molecule has 1 fully saturated rings. The summed E-state index contributed by atoms with van der Waals surface area (Å²) in [5, 5.41) is 11.7. The van der Waals surface area contributed by atoms with E-state index in [1.54, 1.807) is 30.5 Å². The molecule has 2 aromatic rings. The van der Waals surface area contributed by atoms with Gasteiger partial charge in [0.15, 0.2) is 5.17 Å². The Labute approximate surface area is 176 Å². The normalized spacial score (nSPS) is 19.3. The Morgan fingerprint density at radius 1 is 1.28 bits per heavy atom. The molecule has 1 aliphatic carbocycles. The van der Waals surface area contributed by atoms with Gasteiger partial charge in [0.2, 0.25) is 0 Å². The quantitative estimate of drug-likeness (QED) is 0.669. The van der Waals surface area contributed by atoms with Crippen LogP contribution in [0, 0.1) is 0 Å². The van der Waals surface area contributed by atoms with Crippen molar-refractivity contribution in [2.75, 3.05) is 7.05 Å². The van der Waals surface area contributed by atoms with E-state index in [1.165, 1.54) is 39.9 Å². The van der Waals surface area contributed by atoms with Crippen molar-refractivity contribution >= 4 is 57.5 Å². The van der Waals surface area contributed by atoms with Crippen LogP contribution in [0.2, 0.25) is 0 Å². The monoisotopic (exact) mass is 422 g/mol. The van der Waals surface area contributed by atoms with Crippen molar-refractivity contribution in [3.8, 4) is 0 Å². The molecule has 2 aliphatic rings. The van der Waals surface area contributed by atoms with Crippen LogP contribution < -0.4 is 0 Å².